The van der Waals surface area contributed by atoms with Gasteiger partial charge in [0.2, 0.25) is 5.91 Å². The lowest BCUT2D eigenvalue weighted by atomic mass is 10.3. The fourth-order valence-electron chi connectivity index (χ4n) is 1.85. The Labute approximate surface area is 119 Å². The predicted octanol–water partition coefficient (Wildman–Crippen LogP) is 0.496. The summed E-state index contributed by atoms with van der Waals surface area (Å²) in [6.07, 6.45) is 1.49. The molecule has 0 aliphatic carbocycles. The molecule has 0 aliphatic rings. The Morgan fingerprint density at radius 2 is 1.40 bits per heavy atom. The van der Waals surface area contributed by atoms with Crippen LogP contribution in [0.15, 0.2) is 0 Å². The molecule has 116 valence electrons. The van der Waals surface area contributed by atoms with Crippen LogP contribution in [0.5, 0.6) is 0 Å². The van der Waals surface area contributed by atoms with E-state index in [1.165, 1.54) is 4.90 Å². The number of hydrogen-bond donors (Lipinski definition) is 2. The van der Waals surface area contributed by atoms with E-state index >= 15 is 0 Å². The van der Waals surface area contributed by atoms with Crippen LogP contribution in [0.2, 0.25) is 0 Å². The summed E-state index contributed by atoms with van der Waals surface area (Å²) in [5.74, 6) is -2.23. The Kier molecular flexibility index (Phi) is 9.36. The first-order chi connectivity index (χ1) is 9.40. The van der Waals surface area contributed by atoms with Gasteiger partial charge in [0.1, 0.15) is 0 Å². The summed E-state index contributed by atoms with van der Waals surface area (Å²) in [7, 11) is 0. The average molecular weight is 288 g/mol. The Balaban J connectivity index is 4.54. The predicted molar refractivity (Wildman–Crippen MR) is 73.5 cm³/mol. The highest BCUT2D eigenvalue weighted by Crippen LogP contribution is 2.00. The third kappa shape index (κ3) is 8.47. The summed E-state index contributed by atoms with van der Waals surface area (Å²) in [5, 5.41) is 17.4. The minimum absolute atomic E-state index is 0.0550. The molecule has 0 aromatic rings. The summed E-state index contributed by atoms with van der Waals surface area (Å²) in [4.78, 5) is 36.4. The molecule has 0 aromatic heterocycles. The second-order valence-corrected chi connectivity index (χ2v) is 4.63. The van der Waals surface area contributed by atoms with Gasteiger partial charge in [-0.3, -0.25) is 19.3 Å². The molecule has 0 saturated heterocycles. The second-order valence-electron chi connectivity index (χ2n) is 4.63. The molecule has 0 bridgehead atoms. The molecular weight excluding hydrogens is 264 g/mol. The number of nitrogens with zero attached hydrogens (tertiary/aromatic N) is 2. The van der Waals surface area contributed by atoms with Gasteiger partial charge in [0, 0.05) is 19.6 Å². The molecule has 0 heterocycles. The molecule has 20 heavy (non-hydrogen) atoms. The van der Waals surface area contributed by atoms with Gasteiger partial charge in [0.25, 0.3) is 0 Å². The van der Waals surface area contributed by atoms with Crippen molar-refractivity contribution in [2.75, 3.05) is 32.7 Å². The van der Waals surface area contributed by atoms with Crippen molar-refractivity contribution in [3.63, 3.8) is 0 Å². The second kappa shape index (κ2) is 10.2. The van der Waals surface area contributed by atoms with Crippen molar-refractivity contribution in [1.29, 1.82) is 0 Å². The number of amides is 1. The van der Waals surface area contributed by atoms with Crippen LogP contribution in [0.3, 0.4) is 0 Å². The van der Waals surface area contributed by atoms with Crippen molar-refractivity contribution in [2.45, 2.75) is 33.1 Å². The van der Waals surface area contributed by atoms with Crippen molar-refractivity contribution < 1.29 is 24.6 Å². The number of carboxylic acids is 2. The lowest BCUT2D eigenvalue weighted by Gasteiger charge is -2.25. The maximum Gasteiger partial charge on any atom is 0.317 e. The minimum atomic E-state index is -1.07. The van der Waals surface area contributed by atoms with E-state index in [-0.39, 0.29) is 32.0 Å². The van der Waals surface area contributed by atoms with E-state index in [4.69, 9.17) is 10.2 Å². The van der Waals surface area contributed by atoms with E-state index < -0.39 is 11.9 Å². The highest BCUT2D eigenvalue weighted by molar-refractivity contribution is 5.79. The van der Waals surface area contributed by atoms with Crippen LogP contribution in [0.4, 0.5) is 0 Å². The fourth-order valence-corrected chi connectivity index (χ4v) is 1.85. The monoisotopic (exact) mass is 288 g/mol. The maximum atomic E-state index is 12.1. The lowest BCUT2D eigenvalue weighted by molar-refractivity contribution is -0.142. The topological polar surface area (TPSA) is 98.2 Å². The summed E-state index contributed by atoms with van der Waals surface area (Å²) >= 11 is 0. The molecule has 0 aromatic carbocycles. The summed E-state index contributed by atoms with van der Waals surface area (Å²) in [5.41, 5.74) is 0. The summed E-state index contributed by atoms with van der Waals surface area (Å²) in [6, 6.07) is 0. The first-order valence-electron chi connectivity index (χ1n) is 6.84. The third-order valence-electron chi connectivity index (χ3n) is 2.70. The fraction of sp³-hybridized carbons (Fsp3) is 0.769. The van der Waals surface area contributed by atoms with E-state index in [1.54, 1.807) is 4.90 Å². The highest BCUT2D eigenvalue weighted by Gasteiger charge is 2.18. The zero-order valence-corrected chi connectivity index (χ0v) is 12.2. The van der Waals surface area contributed by atoms with Crippen LogP contribution in [0.1, 0.15) is 33.1 Å². The molecule has 0 fully saturated rings. The van der Waals surface area contributed by atoms with Gasteiger partial charge in [-0.1, -0.05) is 13.8 Å². The van der Waals surface area contributed by atoms with Crippen LogP contribution in [-0.2, 0) is 14.4 Å². The highest BCUT2D eigenvalue weighted by atomic mass is 16.4. The third-order valence-corrected chi connectivity index (χ3v) is 2.70. The molecule has 0 saturated carbocycles. The number of rotatable bonds is 11. The first-order valence-corrected chi connectivity index (χ1v) is 6.84. The Bertz CT molecular complexity index is 327. The first kappa shape index (κ1) is 18.4. The van der Waals surface area contributed by atoms with Crippen LogP contribution < -0.4 is 0 Å². The van der Waals surface area contributed by atoms with Crippen LogP contribution >= 0.6 is 0 Å². The molecule has 7 heteroatoms. The smallest absolute Gasteiger partial charge is 0.317 e. The molecule has 7 nitrogen and oxygen atoms in total. The number of carbonyl (C=O) groups is 3. The standard InChI is InChI=1S/C13H24N2O5/c1-3-6-15(7-4-2)11(16)9-14(10-13(19)20)8-5-12(17)18/h3-10H2,1-2H3,(H,17,18)(H,19,20). The zero-order valence-electron chi connectivity index (χ0n) is 12.2. The summed E-state index contributed by atoms with van der Waals surface area (Å²) in [6.45, 7) is 4.87. The van der Waals surface area contributed by atoms with Crippen molar-refractivity contribution in [2.24, 2.45) is 0 Å². The molecule has 0 atom stereocenters. The van der Waals surface area contributed by atoms with Crippen LogP contribution in [0, 0.1) is 0 Å². The molecule has 1 amide bonds. The minimum Gasteiger partial charge on any atom is -0.481 e. The largest absolute Gasteiger partial charge is 0.481 e. The van der Waals surface area contributed by atoms with Crippen molar-refractivity contribution in [3.05, 3.63) is 0 Å². The number of aliphatic carboxylic acids is 2. The van der Waals surface area contributed by atoms with E-state index in [1.807, 2.05) is 13.8 Å². The van der Waals surface area contributed by atoms with E-state index in [0.29, 0.717) is 13.1 Å². The van der Waals surface area contributed by atoms with Crippen molar-refractivity contribution in [1.82, 2.24) is 9.80 Å². The maximum absolute atomic E-state index is 12.1. The van der Waals surface area contributed by atoms with E-state index in [0.717, 1.165) is 12.8 Å². The van der Waals surface area contributed by atoms with Gasteiger partial charge < -0.3 is 15.1 Å². The Morgan fingerprint density at radius 1 is 0.850 bits per heavy atom. The average Bonchev–Trinajstić information content (AvgIpc) is 2.34. The molecule has 0 aliphatic heterocycles. The van der Waals surface area contributed by atoms with Crippen LogP contribution in [0.25, 0.3) is 0 Å². The Morgan fingerprint density at radius 3 is 1.80 bits per heavy atom. The number of hydrogen-bond acceptors (Lipinski definition) is 4. The van der Waals surface area contributed by atoms with Gasteiger partial charge >= 0.3 is 11.9 Å². The molecule has 2 N–H and O–H groups in total. The quantitative estimate of drug-likeness (QED) is 0.574. The van der Waals surface area contributed by atoms with Gasteiger partial charge in [-0.25, -0.2) is 0 Å². The normalized spacial score (nSPS) is 10.6. The molecule has 0 unspecified atom stereocenters. The van der Waals surface area contributed by atoms with Crippen molar-refractivity contribution in [3.8, 4) is 0 Å². The Hall–Kier alpha value is -1.63. The van der Waals surface area contributed by atoms with Gasteiger partial charge in [0.15, 0.2) is 0 Å². The van der Waals surface area contributed by atoms with Gasteiger partial charge in [-0.2, -0.15) is 0 Å². The number of carbonyl (C=O) groups excluding carboxylic acids is 1. The van der Waals surface area contributed by atoms with Gasteiger partial charge in [-0.05, 0) is 12.8 Å². The SMILES string of the molecule is CCCN(CCC)C(=O)CN(CCC(=O)O)CC(=O)O. The van der Waals surface area contributed by atoms with Crippen molar-refractivity contribution >= 4 is 17.8 Å². The molecule has 0 radical (unpaired) electrons. The number of carboxylic acid groups (broad SMARTS) is 2. The zero-order chi connectivity index (χ0) is 15.5. The van der Waals surface area contributed by atoms with E-state index in [9.17, 15) is 14.4 Å². The summed E-state index contributed by atoms with van der Waals surface area (Å²) < 4.78 is 0. The van der Waals surface area contributed by atoms with Gasteiger partial charge in [-0.15, -0.1) is 0 Å². The molecule has 0 spiro atoms. The van der Waals surface area contributed by atoms with Gasteiger partial charge in [0.05, 0.1) is 19.5 Å². The lowest BCUT2D eigenvalue weighted by Crippen LogP contribution is -2.43. The van der Waals surface area contributed by atoms with E-state index in [2.05, 4.69) is 0 Å². The van der Waals surface area contributed by atoms with Crippen LogP contribution in [-0.4, -0.2) is 70.6 Å². The molecule has 0 rings (SSSR count). The molecular formula is C13H24N2O5.